The molecule has 1 aliphatic carbocycles. The minimum atomic E-state index is -0.000266. The molecule has 1 saturated carbocycles. The molecular weight excluding hydrogens is 542 g/mol. The number of hydrogen-bond acceptors (Lipinski definition) is 10. The van der Waals surface area contributed by atoms with Crippen LogP contribution < -0.4 is 19.9 Å². The highest BCUT2D eigenvalue weighted by Gasteiger charge is 2.46. The Bertz CT molecular complexity index is 1520. The molecule has 11 nitrogen and oxygen atoms in total. The van der Waals surface area contributed by atoms with E-state index in [-0.39, 0.29) is 17.8 Å². The van der Waals surface area contributed by atoms with Gasteiger partial charge in [-0.05, 0) is 71.2 Å². The zero-order valence-corrected chi connectivity index (χ0v) is 25.7. The van der Waals surface area contributed by atoms with Gasteiger partial charge in [-0.1, -0.05) is 6.07 Å². The van der Waals surface area contributed by atoms with E-state index < -0.39 is 0 Å². The summed E-state index contributed by atoms with van der Waals surface area (Å²) in [6.07, 6.45) is 8.87. The topological polar surface area (TPSA) is 108 Å². The van der Waals surface area contributed by atoms with Gasteiger partial charge in [-0.25, -0.2) is 4.68 Å². The molecule has 7 rings (SSSR count). The number of nitriles is 1. The number of piperazine rings is 1. The van der Waals surface area contributed by atoms with Crippen LogP contribution in [-0.2, 0) is 17.7 Å². The van der Waals surface area contributed by atoms with E-state index in [4.69, 9.17) is 24.5 Å². The average Bonchev–Trinajstić information content (AvgIpc) is 3.71. The first-order valence-corrected chi connectivity index (χ1v) is 15.8. The monoisotopic (exact) mass is 585 g/mol. The number of aryl methyl sites for hydroxylation is 1. The van der Waals surface area contributed by atoms with Gasteiger partial charge in [0.25, 0.3) is 0 Å². The Kier molecular flexibility index (Phi) is 7.61. The first-order valence-electron chi connectivity index (χ1n) is 15.8. The summed E-state index contributed by atoms with van der Waals surface area (Å²) < 4.78 is 14.5. The first-order chi connectivity index (χ1) is 21.0. The van der Waals surface area contributed by atoms with Gasteiger partial charge < -0.3 is 29.5 Å². The summed E-state index contributed by atoms with van der Waals surface area (Å²) >= 11 is 0. The molecule has 1 unspecified atom stereocenters. The van der Waals surface area contributed by atoms with E-state index in [9.17, 15) is 5.26 Å². The molecule has 43 heavy (non-hydrogen) atoms. The van der Waals surface area contributed by atoms with Crippen LogP contribution in [-0.4, -0.2) is 89.7 Å². The molecule has 0 bridgehead atoms. The van der Waals surface area contributed by atoms with Crippen LogP contribution in [0.15, 0.2) is 18.3 Å². The predicted molar refractivity (Wildman–Crippen MR) is 165 cm³/mol. The Morgan fingerprint density at radius 2 is 2.07 bits per heavy atom. The van der Waals surface area contributed by atoms with Gasteiger partial charge in [0.15, 0.2) is 6.23 Å². The number of aromatic nitrogens is 4. The van der Waals surface area contributed by atoms with E-state index >= 15 is 0 Å². The maximum absolute atomic E-state index is 9.34. The predicted octanol–water partition coefficient (Wildman–Crippen LogP) is 3.56. The van der Waals surface area contributed by atoms with Crippen molar-refractivity contribution < 1.29 is 9.47 Å². The van der Waals surface area contributed by atoms with Crippen LogP contribution >= 0.6 is 0 Å². The van der Waals surface area contributed by atoms with E-state index in [1.54, 1.807) is 0 Å². The molecule has 3 fully saturated rings. The summed E-state index contributed by atoms with van der Waals surface area (Å²) in [6.45, 7) is 7.53. The fourth-order valence-corrected chi connectivity index (χ4v) is 7.02. The maximum Gasteiger partial charge on any atom is 0.318 e. The van der Waals surface area contributed by atoms with Crippen molar-refractivity contribution in [3.05, 3.63) is 35.2 Å². The molecule has 0 radical (unpaired) electrons. The molecule has 228 valence electrons. The Morgan fingerprint density at radius 1 is 1.19 bits per heavy atom. The zero-order valence-electron chi connectivity index (χ0n) is 25.7. The number of fused-ring (bicyclic) bond motifs is 2. The highest BCUT2D eigenvalue weighted by atomic mass is 16.5. The normalized spacial score (nSPS) is 23.3. The number of rotatable bonds is 8. The van der Waals surface area contributed by atoms with Gasteiger partial charge in [0, 0.05) is 49.8 Å². The van der Waals surface area contributed by atoms with Gasteiger partial charge >= 0.3 is 6.01 Å². The summed E-state index contributed by atoms with van der Waals surface area (Å²) in [4.78, 5) is 17.1. The number of nitrogens with zero attached hydrogens (tertiary/aromatic N) is 8. The molecule has 1 aromatic carbocycles. The Balaban J connectivity index is 1.22. The number of ether oxygens (including phenoxy) is 2. The fraction of sp³-hybridized carbons (Fsp3) is 0.625. The van der Waals surface area contributed by atoms with Crippen LogP contribution in [0.3, 0.4) is 0 Å². The second-order valence-electron chi connectivity index (χ2n) is 12.9. The quantitative estimate of drug-likeness (QED) is 0.422. The van der Waals surface area contributed by atoms with Crippen molar-refractivity contribution in [2.45, 2.75) is 76.2 Å². The molecule has 3 aliphatic heterocycles. The van der Waals surface area contributed by atoms with Crippen LogP contribution in [0.1, 0.15) is 61.6 Å². The van der Waals surface area contributed by atoms with Gasteiger partial charge in [0.2, 0.25) is 0 Å². The average molecular weight is 586 g/mol. The molecule has 2 atom stereocenters. The van der Waals surface area contributed by atoms with E-state index in [1.165, 1.54) is 23.2 Å². The summed E-state index contributed by atoms with van der Waals surface area (Å²) in [6, 6.07) is 7.31. The summed E-state index contributed by atoms with van der Waals surface area (Å²) in [5, 5.41) is 18.8. The Morgan fingerprint density at radius 3 is 2.84 bits per heavy atom. The second-order valence-corrected chi connectivity index (χ2v) is 12.9. The molecule has 0 amide bonds. The Labute approximate surface area is 253 Å². The fourth-order valence-electron chi connectivity index (χ4n) is 7.02. The van der Waals surface area contributed by atoms with Crippen molar-refractivity contribution in [1.82, 2.24) is 30.0 Å². The molecule has 1 N–H and O–H groups in total. The van der Waals surface area contributed by atoms with Crippen LogP contribution in [0, 0.1) is 18.3 Å². The highest BCUT2D eigenvalue weighted by molar-refractivity contribution is 5.94. The lowest BCUT2D eigenvalue weighted by molar-refractivity contribution is -0.0366. The van der Waals surface area contributed by atoms with Gasteiger partial charge in [-0.2, -0.15) is 20.3 Å². The van der Waals surface area contributed by atoms with E-state index in [0.717, 1.165) is 87.3 Å². The van der Waals surface area contributed by atoms with Crippen LogP contribution in [0.25, 0.3) is 10.9 Å². The van der Waals surface area contributed by atoms with E-state index in [2.05, 4.69) is 63.9 Å². The SMILES string of the molecule is Cc1ccc2c(cnn2C2CCCCO2)c1N1CCc2c(nc(OCC3(N(C)C)CC3)nc2N2CCN[C@@H](CC#N)C2)C1. The van der Waals surface area contributed by atoms with Crippen molar-refractivity contribution in [1.29, 1.82) is 5.26 Å². The van der Waals surface area contributed by atoms with Gasteiger partial charge in [0.05, 0.1) is 47.7 Å². The third kappa shape index (κ3) is 5.41. The van der Waals surface area contributed by atoms with Crippen molar-refractivity contribution in [3.63, 3.8) is 0 Å². The zero-order chi connectivity index (χ0) is 29.6. The molecule has 3 aromatic rings. The molecule has 0 spiro atoms. The van der Waals surface area contributed by atoms with Crippen molar-refractivity contribution in [2.24, 2.45) is 0 Å². The largest absolute Gasteiger partial charge is 0.461 e. The van der Waals surface area contributed by atoms with Crippen LogP contribution in [0.4, 0.5) is 11.5 Å². The molecular formula is C32H43N9O2. The van der Waals surface area contributed by atoms with Gasteiger partial charge in [-0.15, -0.1) is 0 Å². The summed E-state index contributed by atoms with van der Waals surface area (Å²) in [7, 11) is 4.24. The minimum absolute atomic E-state index is 0.000266. The van der Waals surface area contributed by atoms with Crippen molar-refractivity contribution in [2.75, 3.05) is 63.3 Å². The van der Waals surface area contributed by atoms with Gasteiger partial charge in [-0.3, -0.25) is 0 Å². The van der Waals surface area contributed by atoms with Crippen molar-refractivity contribution in [3.8, 4) is 12.1 Å². The summed E-state index contributed by atoms with van der Waals surface area (Å²) in [5.41, 5.74) is 5.87. The van der Waals surface area contributed by atoms with Crippen LogP contribution in [0.2, 0.25) is 0 Å². The number of benzene rings is 1. The Hall–Kier alpha value is -3.46. The molecule has 5 heterocycles. The number of anilines is 2. The molecule has 2 saturated heterocycles. The lowest BCUT2D eigenvalue weighted by Gasteiger charge is -2.37. The third-order valence-corrected chi connectivity index (χ3v) is 9.86. The summed E-state index contributed by atoms with van der Waals surface area (Å²) in [5.74, 6) is 0.969. The maximum atomic E-state index is 9.34. The lowest BCUT2D eigenvalue weighted by atomic mass is 10.0. The van der Waals surface area contributed by atoms with Crippen LogP contribution in [0.5, 0.6) is 6.01 Å². The first kappa shape index (κ1) is 28.3. The lowest BCUT2D eigenvalue weighted by Crippen LogP contribution is -2.51. The molecule has 4 aliphatic rings. The standard InChI is InChI=1S/C32H43N9O2/c1-22-7-8-27-25(18-35-41(27)28-6-4-5-17-42-28)29(22)39-15-10-24-26(20-39)36-31(43-21-32(11-12-32)38(2)3)37-30(24)40-16-14-34-23(19-40)9-13-33/h7-8,18,23,28,34H,4-6,9-12,14-17,19-21H2,1-3H3/t23-,28?/m0/s1. The highest BCUT2D eigenvalue weighted by Crippen LogP contribution is 2.41. The minimum Gasteiger partial charge on any atom is -0.461 e. The molecule has 2 aromatic heterocycles. The smallest absolute Gasteiger partial charge is 0.318 e. The number of hydrogen-bond donors (Lipinski definition) is 1. The van der Waals surface area contributed by atoms with E-state index in [1.807, 2.05) is 6.20 Å². The third-order valence-electron chi connectivity index (χ3n) is 9.86. The number of nitrogens with one attached hydrogen (secondary N) is 1. The number of likely N-dealkylation sites (N-methyl/N-ethyl adjacent to an activating group) is 1. The molecule has 11 heteroatoms. The van der Waals surface area contributed by atoms with E-state index in [0.29, 0.717) is 25.6 Å². The second kappa shape index (κ2) is 11.6. The van der Waals surface area contributed by atoms with Crippen molar-refractivity contribution >= 4 is 22.4 Å². The van der Waals surface area contributed by atoms with Gasteiger partial charge in [0.1, 0.15) is 12.4 Å².